The van der Waals surface area contributed by atoms with Crippen molar-refractivity contribution in [1.29, 1.82) is 0 Å². The van der Waals surface area contributed by atoms with Crippen LogP contribution in [0.15, 0.2) is 42.5 Å². The Morgan fingerprint density at radius 1 is 1.05 bits per heavy atom. The van der Waals surface area contributed by atoms with Gasteiger partial charge in [-0.05, 0) is 29.2 Å². The molecule has 0 bridgehead atoms. The highest BCUT2D eigenvalue weighted by atomic mass is 15.2. The maximum Gasteiger partial charge on any atom is 0.0134 e. The average molecular weight is 268 g/mol. The van der Waals surface area contributed by atoms with Crippen molar-refractivity contribution in [1.82, 2.24) is 10.2 Å². The number of piperazine rings is 1. The summed E-state index contributed by atoms with van der Waals surface area (Å²) >= 11 is 0. The summed E-state index contributed by atoms with van der Waals surface area (Å²) < 4.78 is 0. The van der Waals surface area contributed by atoms with Gasteiger partial charge < -0.3 is 5.32 Å². The van der Waals surface area contributed by atoms with E-state index in [1.54, 1.807) is 0 Å². The summed E-state index contributed by atoms with van der Waals surface area (Å²) in [6.07, 6.45) is 2.39. The minimum atomic E-state index is 0.669. The lowest BCUT2D eigenvalue weighted by molar-refractivity contribution is 0.168. The van der Waals surface area contributed by atoms with Gasteiger partial charge in [0, 0.05) is 32.2 Å². The van der Waals surface area contributed by atoms with Crippen molar-refractivity contribution in [2.24, 2.45) is 0 Å². The smallest absolute Gasteiger partial charge is 0.0134 e. The van der Waals surface area contributed by atoms with Gasteiger partial charge in [-0.1, -0.05) is 49.4 Å². The molecule has 0 saturated carbocycles. The Balaban J connectivity index is 1.83. The SMILES string of the molecule is CCC(Cc1cccc2ccccc12)N1CCNCC1. The number of benzene rings is 2. The number of rotatable bonds is 4. The zero-order valence-electron chi connectivity index (χ0n) is 12.3. The fourth-order valence-electron chi connectivity index (χ4n) is 3.30. The normalized spacial score (nSPS) is 18.2. The lowest BCUT2D eigenvalue weighted by atomic mass is 9.96. The van der Waals surface area contributed by atoms with Crippen LogP contribution in [-0.4, -0.2) is 37.1 Å². The molecule has 1 aliphatic rings. The second-order valence-electron chi connectivity index (χ2n) is 5.69. The number of fused-ring (bicyclic) bond motifs is 1. The van der Waals surface area contributed by atoms with Gasteiger partial charge in [0.25, 0.3) is 0 Å². The monoisotopic (exact) mass is 268 g/mol. The van der Waals surface area contributed by atoms with Crippen molar-refractivity contribution in [2.75, 3.05) is 26.2 Å². The van der Waals surface area contributed by atoms with E-state index in [-0.39, 0.29) is 0 Å². The molecule has 2 aromatic rings. The predicted molar refractivity (Wildman–Crippen MR) is 86.2 cm³/mol. The third kappa shape index (κ3) is 2.87. The molecule has 1 unspecified atom stereocenters. The topological polar surface area (TPSA) is 15.3 Å². The first-order valence-electron chi connectivity index (χ1n) is 7.80. The zero-order valence-corrected chi connectivity index (χ0v) is 12.3. The summed E-state index contributed by atoms with van der Waals surface area (Å²) in [5, 5.41) is 6.23. The van der Waals surface area contributed by atoms with Gasteiger partial charge in [-0.15, -0.1) is 0 Å². The highest BCUT2D eigenvalue weighted by molar-refractivity contribution is 5.85. The summed E-state index contributed by atoms with van der Waals surface area (Å²) in [6, 6.07) is 16.1. The molecule has 106 valence electrons. The maximum absolute atomic E-state index is 3.45. The Labute approximate surface area is 121 Å². The van der Waals surface area contributed by atoms with E-state index in [2.05, 4.69) is 59.6 Å². The fraction of sp³-hybridized carbons (Fsp3) is 0.444. The van der Waals surface area contributed by atoms with Gasteiger partial charge >= 0.3 is 0 Å². The van der Waals surface area contributed by atoms with Gasteiger partial charge in [0.05, 0.1) is 0 Å². The van der Waals surface area contributed by atoms with Crippen LogP contribution in [0.2, 0.25) is 0 Å². The van der Waals surface area contributed by atoms with Gasteiger partial charge in [-0.2, -0.15) is 0 Å². The van der Waals surface area contributed by atoms with Crippen LogP contribution in [0.1, 0.15) is 18.9 Å². The van der Waals surface area contributed by atoms with Gasteiger partial charge in [-0.3, -0.25) is 4.90 Å². The summed E-state index contributed by atoms with van der Waals surface area (Å²) in [4.78, 5) is 2.65. The Morgan fingerprint density at radius 2 is 1.80 bits per heavy atom. The molecule has 1 N–H and O–H groups in total. The van der Waals surface area contributed by atoms with Gasteiger partial charge in [0.2, 0.25) is 0 Å². The van der Waals surface area contributed by atoms with Crippen molar-refractivity contribution < 1.29 is 0 Å². The summed E-state index contributed by atoms with van der Waals surface area (Å²) in [6.45, 7) is 6.95. The Kier molecular flexibility index (Phi) is 4.34. The van der Waals surface area contributed by atoms with Crippen LogP contribution < -0.4 is 5.32 Å². The first kappa shape index (κ1) is 13.6. The van der Waals surface area contributed by atoms with Crippen LogP contribution in [0, 0.1) is 0 Å². The highest BCUT2D eigenvalue weighted by Gasteiger charge is 2.19. The van der Waals surface area contributed by atoms with Crippen molar-refractivity contribution in [3.05, 3.63) is 48.0 Å². The highest BCUT2D eigenvalue weighted by Crippen LogP contribution is 2.22. The van der Waals surface area contributed by atoms with Gasteiger partial charge in [0.15, 0.2) is 0 Å². The molecule has 1 aliphatic heterocycles. The van der Waals surface area contributed by atoms with Gasteiger partial charge in [0.1, 0.15) is 0 Å². The number of nitrogens with one attached hydrogen (secondary N) is 1. The third-order valence-electron chi connectivity index (χ3n) is 4.47. The second kappa shape index (κ2) is 6.38. The molecule has 1 saturated heterocycles. The van der Waals surface area contributed by atoms with Crippen molar-refractivity contribution in [3.63, 3.8) is 0 Å². The van der Waals surface area contributed by atoms with E-state index in [0.717, 1.165) is 19.5 Å². The molecular weight excluding hydrogens is 244 g/mol. The van der Waals surface area contributed by atoms with Crippen LogP contribution in [0.25, 0.3) is 10.8 Å². The Morgan fingerprint density at radius 3 is 2.60 bits per heavy atom. The molecule has 3 rings (SSSR count). The molecule has 0 aliphatic carbocycles. The average Bonchev–Trinajstić information content (AvgIpc) is 2.53. The Bertz CT molecular complexity index is 553. The molecule has 20 heavy (non-hydrogen) atoms. The first-order chi connectivity index (χ1) is 9.88. The molecule has 0 spiro atoms. The molecule has 2 nitrogen and oxygen atoms in total. The number of hydrogen-bond donors (Lipinski definition) is 1. The van der Waals surface area contributed by atoms with E-state index in [0.29, 0.717) is 6.04 Å². The van der Waals surface area contributed by atoms with Crippen LogP contribution in [0.4, 0.5) is 0 Å². The van der Waals surface area contributed by atoms with E-state index in [1.165, 1.54) is 35.8 Å². The van der Waals surface area contributed by atoms with Gasteiger partial charge in [-0.25, -0.2) is 0 Å². The van der Waals surface area contributed by atoms with Crippen LogP contribution in [0.3, 0.4) is 0 Å². The summed E-state index contributed by atoms with van der Waals surface area (Å²) in [5.74, 6) is 0. The third-order valence-corrected chi connectivity index (χ3v) is 4.47. The van der Waals surface area contributed by atoms with E-state index < -0.39 is 0 Å². The van der Waals surface area contributed by atoms with Crippen LogP contribution >= 0.6 is 0 Å². The zero-order chi connectivity index (χ0) is 13.8. The molecule has 1 atom stereocenters. The quantitative estimate of drug-likeness (QED) is 0.917. The molecule has 0 aromatic heterocycles. The van der Waals surface area contributed by atoms with Crippen molar-refractivity contribution >= 4 is 10.8 Å². The van der Waals surface area contributed by atoms with E-state index >= 15 is 0 Å². The summed E-state index contributed by atoms with van der Waals surface area (Å²) in [5.41, 5.74) is 1.49. The first-order valence-corrected chi connectivity index (χ1v) is 7.80. The fourth-order valence-corrected chi connectivity index (χ4v) is 3.30. The number of hydrogen-bond acceptors (Lipinski definition) is 2. The van der Waals surface area contributed by atoms with Crippen molar-refractivity contribution in [2.45, 2.75) is 25.8 Å². The van der Waals surface area contributed by atoms with E-state index in [9.17, 15) is 0 Å². The Hall–Kier alpha value is -1.38. The second-order valence-corrected chi connectivity index (χ2v) is 5.69. The number of nitrogens with zero attached hydrogens (tertiary/aromatic N) is 1. The summed E-state index contributed by atoms with van der Waals surface area (Å²) in [7, 11) is 0. The van der Waals surface area contributed by atoms with Crippen molar-refractivity contribution in [3.8, 4) is 0 Å². The molecule has 0 amide bonds. The van der Waals surface area contributed by atoms with Crippen LogP contribution in [0.5, 0.6) is 0 Å². The molecule has 0 radical (unpaired) electrons. The standard InChI is InChI=1S/C18H24N2/c1-2-17(20-12-10-19-11-13-20)14-16-8-5-7-15-6-3-4-9-18(15)16/h3-9,17,19H,2,10-14H2,1H3. The molecule has 1 fully saturated rings. The molecule has 2 heteroatoms. The van der Waals surface area contributed by atoms with E-state index in [4.69, 9.17) is 0 Å². The van der Waals surface area contributed by atoms with E-state index in [1.807, 2.05) is 0 Å². The molecule has 2 aromatic carbocycles. The minimum Gasteiger partial charge on any atom is -0.314 e. The molecular formula is C18H24N2. The minimum absolute atomic E-state index is 0.669. The largest absolute Gasteiger partial charge is 0.314 e. The predicted octanol–water partition coefficient (Wildman–Crippen LogP) is 3.07. The lowest BCUT2D eigenvalue weighted by Gasteiger charge is -2.34. The lowest BCUT2D eigenvalue weighted by Crippen LogP contribution is -2.48. The molecule has 1 heterocycles. The van der Waals surface area contributed by atoms with Crippen LogP contribution in [-0.2, 0) is 6.42 Å². The maximum atomic E-state index is 3.45.